The number of ether oxygens (including phenoxy) is 2. The standard InChI is InChI=1S/C19H23ClN2O3/c1-24-17-13-18(25-2)16(12-15(17)20)22-19(23)21-11-7-6-10-14-8-4-3-5-9-14/h3-5,8-9,12-13H,6-7,10-11H2,1-2H3,(H2,21,22,23). The Morgan fingerprint density at radius 1 is 1.04 bits per heavy atom. The van der Waals surface area contributed by atoms with Gasteiger partial charge in [0.25, 0.3) is 0 Å². The summed E-state index contributed by atoms with van der Waals surface area (Å²) in [5, 5.41) is 5.99. The highest BCUT2D eigenvalue weighted by Crippen LogP contribution is 2.35. The number of aryl methyl sites for hydroxylation is 1. The topological polar surface area (TPSA) is 59.6 Å². The minimum absolute atomic E-state index is 0.292. The van der Waals surface area contributed by atoms with Gasteiger partial charge >= 0.3 is 6.03 Å². The number of unbranched alkanes of at least 4 members (excludes halogenated alkanes) is 1. The smallest absolute Gasteiger partial charge is 0.319 e. The summed E-state index contributed by atoms with van der Waals surface area (Å²) in [6.07, 6.45) is 2.93. The van der Waals surface area contributed by atoms with Crippen LogP contribution in [0.5, 0.6) is 11.5 Å². The zero-order chi connectivity index (χ0) is 18.1. The maximum absolute atomic E-state index is 12.0. The van der Waals surface area contributed by atoms with Gasteiger partial charge in [-0.3, -0.25) is 0 Å². The van der Waals surface area contributed by atoms with Crippen molar-refractivity contribution in [1.82, 2.24) is 5.32 Å². The molecular formula is C19H23ClN2O3. The maximum Gasteiger partial charge on any atom is 0.319 e. The lowest BCUT2D eigenvalue weighted by atomic mass is 10.1. The number of halogens is 1. The van der Waals surface area contributed by atoms with Crippen molar-refractivity contribution in [2.24, 2.45) is 0 Å². The molecule has 0 aliphatic carbocycles. The van der Waals surface area contributed by atoms with Crippen LogP contribution < -0.4 is 20.1 Å². The largest absolute Gasteiger partial charge is 0.495 e. The van der Waals surface area contributed by atoms with E-state index < -0.39 is 0 Å². The molecular weight excluding hydrogens is 340 g/mol. The number of amides is 2. The second kappa shape index (κ2) is 9.79. The average molecular weight is 363 g/mol. The Kier molecular flexibility index (Phi) is 7.41. The Morgan fingerprint density at radius 3 is 2.44 bits per heavy atom. The van der Waals surface area contributed by atoms with Gasteiger partial charge in [-0.2, -0.15) is 0 Å². The van der Waals surface area contributed by atoms with Crippen molar-refractivity contribution in [3.63, 3.8) is 0 Å². The molecule has 6 heteroatoms. The van der Waals surface area contributed by atoms with E-state index in [1.54, 1.807) is 12.1 Å². The van der Waals surface area contributed by atoms with Crippen LogP contribution in [0, 0.1) is 0 Å². The number of methoxy groups -OCH3 is 2. The third-order valence-corrected chi connectivity index (χ3v) is 4.04. The number of urea groups is 1. The lowest BCUT2D eigenvalue weighted by Gasteiger charge is -2.13. The lowest BCUT2D eigenvalue weighted by molar-refractivity contribution is 0.251. The van der Waals surface area contributed by atoms with Gasteiger partial charge in [-0.05, 0) is 30.9 Å². The van der Waals surface area contributed by atoms with Crippen LogP contribution in [0.4, 0.5) is 10.5 Å². The fraction of sp³-hybridized carbons (Fsp3) is 0.316. The highest BCUT2D eigenvalue weighted by atomic mass is 35.5. The predicted octanol–water partition coefficient (Wildman–Crippen LogP) is 4.50. The highest BCUT2D eigenvalue weighted by molar-refractivity contribution is 6.32. The van der Waals surface area contributed by atoms with Crippen molar-refractivity contribution in [3.05, 3.63) is 53.1 Å². The zero-order valence-corrected chi connectivity index (χ0v) is 15.2. The normalized spacial score (nSPS) is 10.2. The molecule has 0 unspecified atom stereocenters. The van der Waals surface area contributed by atoms with Gasteiger partial charge in [0.05, 0.1) is 24.9 Å². The van der Waals surface area contributed by atoms with Gasteiger partial charge in [-0.25, -0.2) is 4.79 Å². The molecule has 0 atom stereocenters. The molecule has 0 aliphatic rings. The van der Waals surface area contributed by atoms with E-state index in [-0.39, 0.29) is 6.03 Å². The van der Waals surface area contributed by atoms with Crippen molar-refractivity contribution in [2.75, 3.05) is 26.1 Å². The minimum Gasteiger partial charge on any atom is -0.495 e. The minimum atomic E-state index is -0.292. The van der Waals surface area contributed by atoms with Gasteiger partial charge in [-0.15, -0.1) is 0 Å². The van der Waals surface area contributed by atoms with E-state index in [4.69, 9.17) is 21.1 Å². The second-order valence-electron chi connectivity index (χ2n) is 5.51. The molecule has 0 aromatic heterocycles. The van der Waals surface area contributed by atoms with E-state index in [0.717, 1.165) is 19.3 Å². The molecule has 0 saturated heterocycles. The summed E-state index contributed by atoms with van der Waals surface area (Å²) in [6.45, 7) is 0.602. The SMILES string of the molecule is COc1cc(OC)c(NC(=O)NCCCCc2ccccc2)cc1Cl. The van der Waals surface area contributed by atoms with Gasteiger partial charge in [0.2, 0.25) is 0 Å². The molecule has 0 spiro atoms. The van der Waals surface area contributed by atoms with Crippen LogP contribution in [-0.2, 0) is 6.42 Å². The Hall–Kier alpha value is -2.40. The molecule has 0 heterocycles. The number of benzene rings is 2. The van der Waals surface area contributed by atoms with Crippen molar-refractivity contribution < 1.29 is 14.3 Å². The van der Waals surface area contributed by atoms with Crippen molar-refractivity contribution >= 4 is 23.3 Å². The molecule has 5 nitrogen and oxygen atoms in total. The molecule has 0 aliphatic heterocycles. The second-order valence-corrected chi connectivity index (χ2v) is 5.92. The fourth-order valence-corrected chi connectivity index (χ4v) is 2.67. The molecule has 0 radical (unpaired) electrons. The molecule has 0 saturated carbocycles. The Morgan fingerprint density at radius 2 is 1.76 bits per heavy atom. The van der Waals surface area contributed by atoms with Gasteiger partial charge in [0.15, 0.2) is 0 Å². The molecule has 25 heavy (non-hydrogen) atoms. The molecule has 2 rings (SSSR count). The number of hydrogen-bond donors (Lipinski definition) is 2. The number of carbonyl (C=O) groups excluding carboxylic acids is 1. The van der Waals surface area contributed by atoms with Crippen LogP contribution in [0.2, 0.25) is 5.02 Å². The van der Waals surface area contributed by atoms with Crippen LogP contribution in [0.3, 0.4) is 0 Å². The molecule has 0 bridgehead atoms. The van der Waals surface area contributed by atoms with E-state index in [0.29, 0.717) is 28.8 Å². The summed E-state index contributed by atoms with van der Waals surface area (Å²) >= 11 is 6.09. The van der Waals surface area contributed by atoms with Crippen LogP contribution in [0.1, 0.15) is 18.4 Å². The summed E-state index contributed by atoms with van der Waals surface area (Å²) in [7, 11) is 3.05. The Balaban J connectivity index is 1.77. The first kappa shape index (κ1) is 18.9. The number of anilines is 1. The Bertz CT molecular complexity index is 693. The van der Waals surface area contributed by atoms with E-state index in [1.807, 2.05) is 18.2 Å². The first-order valence-corrected chi connectivity index (χ1v) is 8.52. The van der Waals surface area contributed by atoms with Crippen LogP contribution in [0.15, 0.2) is 42.5 Å². The summed E-state index contributed by atoms with van der Waals surface area (Å²) < 4.78 is 10.4. The monoisotopic (exact) mass is 362 g/mol. The van der Waals surface area contributed by atoms with E-state index >= 15 is 0 Å². The first-order valence-electron chi connectivity index (χ1n) is 8.14. The molecule has 134 valence electrons. The lowest BCUT2D eigenvalue weighted by Crippen LogP contribution is -2.29. The summed E-state index contributed by atoms with van der Waals surface area (Å²) in [4.78, 5) is 12.0. The number of rotatable bonds is 8. The molecule has 2 N–H and O–H groups in total. The van der Waals surface area contributed by atoms with Gasteiger partial charge < -0.3 is 20.1 Å². The van der Waals surface area contributed by atoms with Crippen molar-refractivity contribution in [3.8, 4) is 11.5 Å². The van der Waals surface area contributed by atoms with E-state index in [1.165, 1.54) is 19.8 Å². The Labute approximate surface area is 153 Å². The van der Waals surface area contributed by atoms with E-state index in [2.05, 4.69) is 22.8 Å². The number of carbonyl (C=O) groups is 1. The predicted molar refractivity (Wildman–Crippen MR) is 101 cm³/mol. The first-order chi connectivity index (χ1) is 12.1. The van der Waals surface area contributed by atoms with Crippen LogP contribution in [-0.4, -0.2) is 26.8 Å². The quantitative estimate of drug-likeness (QED) is 0.679. The zero-order valence-electron chi connectivity index (χ0n) is 14.5. The van der Waals surface area contributed by atoms with E-state index in [9.17, 15) is 4.79 Å². The number of hydrogen-bond acceptors (Lipinski definition) is 3. The molecule has 2 amide bonds. The average Bonchev–Trinajstić information content (AvgIpc) is 2.62. The van der Waals surface area contributed by atoms with Crippen molar-refractivity contribution in [2.45, 2.75) is 19.3 Å². The third-order valence-electron chi connectivity index (χ3n) is 3.74. The van der Waals surface area contributed by atoms with Crippen LogP contribution >= 0.6 is 11.6 Å². The fourth-order valence-electron chi connectivity index (χ4n) is 2.42. The van der Waals surface area contributed by atoms with Gasteiger partial charge in [-0.1, -0.05) is 41.9 Å². The highest BCUT2D eigenvalue weighted by Gasteiger charge is 2.12. The molecule has 0 fully saturated rings. The molecule has 2 aromatic carbocycles. The summed E-state index contributed by atoms with van der Waals surface area (Å²) in [5.41, 5.74) is 1.81. The van der Waals surface area contributed by atoms with Gasteiger partial charge in [0.1, 0.15) is 11.5 Å². The third kappa shape index (κ3) is 5.87. The number of nitrogens with one attached hydrogen (secondary N) is 2. The summed E-state index contributed by atoms with van der Waals surface area (Å²) in [6, 6.07) is 13.3. The van der Waals surface area contributed by atoms with Crippen molar-refractivity contribution in [1.29, 1.82) is 0 Å². The summed E-state index contributed by atoms with van der Waals surface area (Å²) in [5.74, 6) is 0.978. The molecule has 2 aromatic rings. The van der Waals surface area contributed by atoms with Crippen LogP contribution in [0.25, 0.3) is 0 Å². The van der Waals surface area contributed by atoms with Gasteiger partial charge in [0, 0.05) is 12.6 Å². The maximum atomic E-state index is 12.0.